The zero-order valence-corrected chi connectivity index (χ0v) is 16.3. The van der Waals surface area contributed by atoms with Crippen LogP contribution in [0.3, 0.4) is 0 Å². The van der Waals surface area contributed by atoms with Gasteiger partial charge in [-0.15, -0.1) is 11.3 Å². The highest BCUT2D eigenvalue weighted by atomic mass is 32.1. The maximum atomic E-state index is 12.8. The summed E-state index contributed by atoms with van der Waals surface area (Å²) in [7, 11) is 0. The van der Waals surface area contributed by atoms with Gasteiger partial charge < -0.3 is 14.8 Å². The topological polar surface area (TPSA) is 81.7 Å². The van der Waals surface area contributed by atoms with Crippen molar-refractivity contribution in [2.75, 3.05) is 11.9 Å². The first-order chi connectivity index (χ1) is 12.9. The summed E-state index contributed by atoms with van der Waals surface area (Å²) in [5, 5.41) is 3.37. The van der Waals surface area contributed by atoms with Crippen LogP contribution in [0.4, 0.5) is 5.00 Å². The molecule has 2 aromatic rings. The van der Waals surface area contributed by atoms with Gasteiger partial charge in [-0.3, -0.25) is 9.59 Å². The molecule has 1 amide bonds. The van der Waals surface area contributed by atoms with Gasteiger partial charge in [0.05, 0.1) is 12.2 Å². The molecule has 27 heavy (non-hydrogen) atoms. The molecular formula is C20H21NO5S. The van der Waals surface area contributed by atoms with E-state index in [4.69, 9.17) is 9.47 Å². The lowest BCUT2D eigenvalue weighted by Crippen LogP contribution is -2.16. The van der Waals surface area contributed by atoms with Crippen LogP contribution in [0.15, 0.2) is 18.2 Å². The zero-order chi connectivity index (χ0) is 19.6. The van der Waals surface area contributed by atoms with E-state index in [9.17, 15) is 14.4 Å². The Morgan fingerprint density at radius 3 is 2.70 bits per heavy atom. The standard InChI is InChI=1S/C20H21NO5S/c1-4-25-20(24)17-14-8-6-10-16(14)27-19(17)21-18(23)13-7-5-9-15(11(13)2)26-12(3)22/h5,7,9H,4,6,8,10H2,1-3H3,(H,21,23). The maximum absolute atomic E-state index is 12.8. The number of fused-ring (bicyclic) bond motifs is 1. The van der Waals surface area contributed by atoms with Gasteiger partial charge in [0.1, 0.15) is 10.8 Å². The summed E-state index contributed by atoms with van der Waals surface area (Å²) in [6.45, 7) is 5.06. The number of thiophene rings is 1. The Morgan fingerprint density at radius 1 is 1.22 bits per heavy atom. The Morgan fingerprint density at radius 2 is 2.00 bits per heavy atom. The minimum absolute atomic E-state index is 0.278. The molecule has 0 atom stereocenters. The van der Waals surface area contributed by atoms with Crippen molar-refractivity contribution in [3.8, 4) is 5.75 Å². The molecular weight excluding hydrogens is 366 g/mol. The normalized spacial score (nSPS) is 12.4. The van der Waals surface area contributed by atoms with E-state index in [1.54, 1.807) is 32.0 Å². The number of hydrogen-bond donors (Lipinski definition) is 1. The van der Waals surface area contributed by atoms with E-state index in [-0.39, 0.29) is 12.5 Å². The van der Waals surface area contributed by atoms with Crippen molar-refractivity contribution in [2.24, 2.45) is 0 Å². The molecule has 1 aromatic heterocycles. The number of esters is 2. The van der Waals surface area contributed by atoms with Gasteiger partial charge in [-0.25, -0.2) is 4.79 Å². The SMILES string of the molecule is CCOC(=O)c1c(NC(=O)c2cccc(OC(C)=O)c2C)sc2c1CCC2. The Bertz CT molecular complexity index is 915. The summed E-state index contributed by atoms with van der Waals surface area (Å²) in [5.41, 5.74) is 2.40. The van der Waals surface area contributed by atoms with Gasteiger partial charge in [0.15, 0.2) is 0 Å². The summed E-state index contributed by atoms with van der Waals surface area (Å²) in [4.78, 5) is 37.6. The first-order valence-corrected chi connectivity index (χ1v) is 9.65. The minimum atomic E-state index is -0.449. The highest BCUT2D eigenvalue weighted by molar-refractivity contribution is 7.17. The Labute approximate surface area is 161 Å². The number of ether oxygens (including phenoxy) is 2. The first-order valence-electron chi connectivity index (χ1n) is 8.83. The lowest BCUT2D eigenvalue weighted by molar-refractivity contribution is -0.131. The van der Waals surface area contributed by atoms with Crippen molar-refractivity contribution in [2.45, 2.75) is 40.0 Å². The van der Waals surface area contributed by atoms with Crippen LogP contribution >= 0.6 is 11.3 Å². The van der Waals surface area contributed by atoms with Crippen LogP contribution in [0.1, 0.15) is 57.0 Å². The summed E-state index contributed by atoms with van der Waals surface area (Å²) >= 11 is 1.43. The smallest absolute Gasteiger partial charge is 0.341 e. The van der Waals surface area contributed by atoms with E-state index in [1.165, 1.54) is 18.3 Å². The van der Waals surface area contributed by atoms with Crippen LogP contribution in [0, 0.1) is 6.92 Å². The van der Waals surface area contributed by atoms with Crippen LogP contribution in [0.5, 0.6) is 5.75 Å². The highest BCUT2D eigenvalue weighted by Gasteiger charge is 2.28. The van der Waals surface area contributed by atoms with Crippen LogP contribution in [0.2, 0.25) is 0 Å². The summed E-state index contributed by atoms with van der Waals surface area (Å²) in [5.74, 6) is -0.867. The van der Waals surface area contributed by atoms with E-state index in [0.29, 0.717) is 27.4 Å². The van der Waals surface area contributed by atoms with Gasteiger partial charge in [0.2, 0.25) is 0 Å². The lowest BCUT2D eigenvalue weighted by atomic mass is 10.1. The van der Waals surface area contributed by atoms with Crippen LogP contribution < -0.4 is 10.1 Å². The molecule has 6 nitrogen and oxygen atoms in total. The molecule has 0 fully saturated rings. The molecule has 1 aliphatic rings. The molecule has 1 N–H and O–H groups in total. The molecule has 0 saturated carbocycles. The average Bonchev–Trinajstić information content (AvgIpc) is 3.17. The molecule has 0 radical (unpaired) electrons. The molecule has 1 aromatic carbocycles. The summed E-state index contributed by atoms with van der Waals surface area (Å²) < 4.78 is 10.3. The third kappa shape index (κ3) is 3.88. The molecule has 0 saturated heterocycles. The number of carbonyl (C=O) groups excluding carboxylic acids is 3. The predicted molar refractivity (Wildman–Crippen MR) is 103 cm³/mol. The number of anilines is 1. The molecule has 0 aliphatic heterocycles. The van der Waals surface area contributed by atoms with Crippen molar-refractivity contribution in [1.29, 1.82) is 0 Å². The van der Waals surface area contributed by atoms with Crippen molar-refractivity contribution in [1.82, 2.24) is 0 Å². The van der Waals surface area contributed by atoms with E-state index in [0.717, 1.165) is 29.7 Å². The van der Waals surface area contributed by atoms with Crippen molar-refractivity contribution >= 4 is 34.2 Å². The molecule has 0 bridgehead atoms. The summed E-state index contributed by atoms with van der Waals surface area (Å²) in [6, 6.07) is 4.95. The van der Waals surface area contributed by atoms with Gasteiger partial charge in [0, 0.05) is 22.9 Å². The molecule has 1 heterocycles. The molecule has 1 aliphatic carbocycles. The quantitative estimate of drug-likeness (QED) is 0.622. The lowest BCUT2D eigenvalue weighted by Gasteiger charge is -2.12. The van der Waals surface area contributed by atoms with Crippen LogP contribution in [-0.2, 0) is 22.4 Å². The Balaban J connectivity index is 1.91. The second kappa shape index (κ2) is 7.92. The van der Waals surface area contributed by atoms with Crippen molar-refractivity contribution in [3.63, 3.8) is 0 Å². The molecule has 0 unspecified atom stereocenters. The number of benzene rings is 1. The summed E-state index contributed by atoms with van der Waals surface area (Å²) in [6.07, 6.45) is 2.73. The average molecular weight is 387 g/mol. The fraction of sp³-hybridized carbons (Fsp3) is 0.350. The molecule has 142 valence electrons. The predicted octanol–water partition coefficient (Wildman–Crippen LogP) is 3.90. The van der Waals surface area contributed by atoms with Crippen LogP contribution in [-0.4, -0.2) is 24.5 Å². The van der Waals surface area contributed by atoms with Gasteiger partial charge in [0.25, 0.3) is 5.91 Å². The second-order valence-electron chi connectivity index (χ2n) is 6.26. The molecule has 7 heteroatoms. The maximum Gasteiger partial charge on any atom is 0.341 e. The van der Waals surface area contributed by atoms with E-state index in [2.05, 4.69) is 5.32 Å². The number of amides is 1. The molecule has 3 rings (SSSR count). The van der Waals surface area contributed by atoms with Crippen molar-refractivity contribution in [3.05, 3.63) is 45.3 Å². The Hall–Kier alpha value is -2.67. The zero-order valence-electron chi connectivity index (χ0n) is 15.5. The van der Waals surface area contributed by atoms with Crippen molar-refractivity contribution < 1.29 is 23.9 Å². The van der Waals surface area contributed by atoms with E-state index < -0.39 is 11.9 Å². The number of hydrogen-bond acceptors (Lipinski definition) is 6. The Kier molecular flexibility index (Phi) is 5.60. The third-order valence-corrected chi connectivity index (χ3v) is 5.62. The second-order valence-corrected chi connectivity index (χ2v) is 7.36. The van der Waals surface area contributed by atoms with Crippen LogP contribution in [0.25, 0.3) is 0 Å². The van der Waals surface area contributed by atoms with Gasteiger partial charge in [-0.1, -0.05) is 6.07 Å². The molecule has 0 spiro atoms. The number of carbonyl (C=O) groups is 3. The number of rotatable bonds is 5. The van der Waals surface area contributed by atoms with Gasteiger partial charge >= 0.3 is 11.9 Å². The minimum Gasteiger partial charge on any atom is -0.462 e. The third-order valence-electron chi connectivity index (χ3n) is 4.41. The van der Waals surface area contributed by atoms with E-state index in [1.807, 2.05) is 0 Å². The van der Waals surface area contributed by atoms with Gasteiger partial charge in [-0.05, 0) is 50.8 Å². The first kappa shape index (κ1) is 19.1. The fourth-order valence-electron chi connectivity index (χ4n) is 3.21. The van der Waals surface area contributed by atoms with Gasteiger partial charge in [-0.2, -0.15) is 0 Å². The largest absolute Gasteiger partial charge is 0.462 e. The fourth-order valence-corrected chi connectivity index (χ4v) is 4.48. The number of nitrogens with one attached hydrogen (secondary N) is 1. The number of aryl methyl sites for hydroxylation is 1. The highest BCUT2D eigenvalue weighted by Crippen LogP contribution is 2.40. The van der Waals surface area contributed by atoms with E-state index >= 15 is 0 Å². The monoisotopic (exact) mass is 387 g/mol.